The van der Waals surface area contributed by atoms with Crippen molar-refractivity contribution in [2.75, 3.05) is 11.2 Å². The molecule has 0 saturated heterocycles. The quantitative estimate of drug-likeness (QED) is 0.277. The fraction of sp³-hybridized carbons (Fsp3) is 0.261. The number of esters is 1. The minimum absolute atomic E-state index is 0.148. The maximum absolute atomic E-state index is 13.2. The highest BCUT2D eigenvalue weighted by atomic mass is 32.2. The number of hydrogen-bond acceptors (Lipinski definition) is 6. The van der Waals surface area contributed by atoms with Crippen molar-refractivity contribution in [3.8, 4) is 17.0 Å². The summed E-state index contributed by atoms with van der Waals surface area (Å²) in [7, 11) is 0. The number of fused-ring (bicyclic) bond motifs is 3. The predicted octanol–water partition coefficient (Wildman–Crippen LogP) is 3.07. The molecule has 9 heteroatoms. The zero-order valence-electron chi connectivity index (χ0n) is 18.0. The molecule has 164 valence electrons. The lowest BCUT2D eigenvalue weighted by molar-refractivity contribution is -0.763. The van der Waals surface area contributed by atoms with Crippen molar-refractivity contribution in [1.82, 2.24) is 10.1 Å². The molecule has 2 aromatic carbocycles. The van der Waals surface area contributed by atoms with E-state index in [1.54, 1.807) is 53.8 Å². The average molecular weight is 452 g/mol. The number of nitrogens with zero attached hydrogens (tertiary/aromatic N) is 3. The molecule has 0 spiro atoms. The zero-order valence-corrected chi connectivity index (χ0v) is 18.8. The number of carbonyl (C=O) groups is 2. The first kappa shape index (κ1) is 21.8. The molecule has 1 atom stereocenters. The van der Waals surface area contributed by atoms with Crippen LogP contribution in [0.5, 0.6) is 5.75 Å². The average Bonchev–Trinajstić information content (AvgIpc) is 2.82. The summed E-state index contributed by atoms with van der Waals surface area (Å²) in [6, 6.07) is 14.3. The van der Waals surface area contributed by atoms with Crippen LogP contribution >= 0.6 is 11.8 Å². The van der Waals surface area contributed by atoms with Crippen LogP contribution in [-0.4, -0.2) is 28.2 Å². The van der Waals surface area contributed by atoms with Gasteiger partial charge in [-0.25, -0.2) is 4.90 Å². The molecular weight excluding hydrogens is 428 g/mol. The third-order valence-electron chi connectivity index (χ3n) is 5.23. The molecule has 1 amide bonds. The van der Waals surface area contributed by atoms with Crippen molar-refractivity contribution in [1.29, 1.82) is 0 Å². The Labute approximate surface area is 189 Å². The number of carbonyl (C=O) groups excluding carboxylic acids is 2. The van der Waals surface area contributed by atoms with E-state index in [2.05, 4.69) is 10.1 Å². The minimum atomic E-state index is -0.804. The van der Waals surface area contributed by atoms with Crippen LogP contribution in [0.4, 0.5) is 5.69 Å². The SMILES string of the molecule is CCC(=O)Oc1ccccc1[C@@H]1N(C(=O)CC)c2ccccc2-c2c(=O)[nH]c(SC)n[n+]21. The number of aromatic amines is 1. The van der Waals surface area contributed by atoms with Gasteiger partial charge in [-0.3, -0.25) is 19.4 Å². The standard InChI is InChI=1S/C23H22N4O4S/c1-4-18(28)26-16-12-8-6-10-14(16)20-21(30)24-23(32-3)25-27(20)22(26)15-11-7-9-13-17(15)31-19(29)5-2/h6-13,22H,4-5H2,1-3H3/p+1/t22-/m1/s1. The van der Waals surface area contributed by atoms with Crippen LogP contribution in [0.3, 0.4) is 0 Å². The third kappa shape index (κ3) is 3.69. The van der Waals surface area contributed by atoms with E-state index in [4.69, 9.17) is 4.74 Å². The second-order valence-corrected chi connectivity index (χ2v) is 7.93. The van der Waals surface area contributed by atoms with E-state index in [1.807, 2.05) is 24.5 Å². The molecule has 1 aliphatic heterocycles. The number of nitrogens with one attached hydrogen (secondary N) is 1. The lowest BCUT2D eigenvalue weighted by Gasteiger charge is -2.32. The Balaban J connectivity index is 2.06. The van der Waals surface area contributed by atoms with E-state index in [0.717, 1.165) is 0 Å². The fourth-order valence-electron chi connectivity index (χ4n) is 3.77. The molecular formula is C23H23N4O4S+. The summed E-state index contributed by atoms with van der Waals surface area (Å²) in [5.41, 5.74) is 1.79. The van der Waals surface area contributed by atoms with Gasteiger partial charge in [0.05, 0.1) is 16.8 Å². The van der Waals surface area contributed by atoms with Crippen LogP contribution in [0.15, 0.2) is 58.5 Å². The molecule has 8 nitrogen and oxygen atoms in total. The van der Waals surface area contributed by atoms with Gasteiger partial charge in [0.15, 0.2) is 0 Å². The number of amides is 1. The van der Waals surface area contributed by atoms with Crippen molar-refractivity contribution in [2.45, 2.75) is 38.0 Å². The first-order valence-electron chi connectivity index (χ1n) is 10.3. The number of ether oxygens (including phenoxy) is 1. The van der Waals surface area contributed by atoms with E-state index < -0.39 is 12.1 Å². The molecule has 32 heavy (non-hydrogen) atoms. The summed E-state index contributed by atoms with van der Waals surface area (Å²) in [6.45, 7) is 3.49. The maximum Gasteiger partial charge on any atom is 0.325 e. The highest BCUT2D eigenvalue weighted by Crippen LogP contribution is 2.39. The van der Waals surface area contributed by atoms with Gasteiger partial charge in [0.2, 0.25) is 11.1 Å². The van der Waals surface area contributed by atoms with Crippen molar-refractivity contribution in [2.24, 2.45) is 0 Å². The molecule has 0 saturated carbocycles. The highest BCUT2D eigenvalue weighted by molar-refractivity contribution is 7.98. The molecule has 2 heterocycles. The molecule has 1 aromatic heterocycles. The predicted molar refractivity (Wildman–Crippen MR) is 121 cm³/mol. The van der Waals surface area contributed by atoms with E-state index in [9.17, 15) is 14.4 Å². The van der Waals surface area contributed by atoms with Crippen LogP contribution < -0.4 is 19.9 Å². The topological polar surface area (TPSA) is 96.2 Å². The zero-order chi connectivity index (χ0) is 22.8. The lowest BCUT2D eigenvalue weighted by Crippen LogP contribution is -2.61. The van der Waals surface area contributed by atoms with Crippen molar-refractivity contribution in [3.05, 3.63) is 64.4 Å². The number of hydrogen-bond donors (Lipinski definition) is 1. The van der Waals surface area contributed by atoms with E-state index in [0.29, 0.717) is 33.4 Å². The summed E-state index contributed by atoms with van der Waals surface area (Å²) in [6.07, 6.45) is 1.46. The second kappa shape index (κ2) is 8.96. The minimum Gasteiger partial charge on any atom is -0.426 e. The number of para-hydroxylation sites is 2. The normalized spacial score (nSPS) is 14.5. The monoisotopic (exact) mass is 451 g/mol. The number of thioether (sulfide) groups is 1. The third-order valence-corrected chi connectivity index (χ3v) is 5.80. The number of H-pyrrole nitrogens is 1. The van der Waals surface area contributed by atoms with Gasteiger partial charge < -0.3 is 4.74 Å². The van der Waals surface area contributed by atoms with Gasteiger partial charge in [0, 0.05) is 17.9 Å². The van der Waals surface area contributed by atoms with Gasteiger partial charge in [-0.05, 0) is 35.2 Å². The molecule has 0 bridgehead atoms. The number of rotatable bonds is 5. The van der Waals surface area contributed by atoms with Gasteiger partial charge in [0.25, 0.3) is 6.17 Å². The molecule has 1 N–H and O–H groups in total. The molecule has 3 aromatic rings. The van der Waals surface area contributed by atoms with Crippen molar-refractivity contribution in [3.63, 3.8) is 0 Å². The second-order valence-electron chi connectivity index (χ2n) is 7.13. The largest absolute Gasteiger partial charge is 0.426 e. The van der Waals surface area contributed by atoms with E-state index in [-0.39, 0.29) is 24.3 Å². The summed E-state index contributed by atoms with van der Waals surface area (Å²) in [5, 5.41) is 5.06. The van der Waals surface area contributed by atoms with Crippen molar-refractivity contribution < 1.29 is 19.0 Å². The molecule has 0 fully saturated rings. The van der Waals surface area contributed by atoms with Gasteiger partial charge in [-0.1, -0.05) is 49.9 Å². The number of anilines is 1. The Kier molecular flexibility index (Phi) is 6.09. The van der Waals surface area contributed by atoms with Crippen LogP contribution in [0.25, 0.3) is 11.3 Å². The smallest absolute Gasteiger partial charge is 0.325 e. The van der Waals surface area contributed by atoms with Crippen LogP contribution in [-0.2, 0) is 9.59 Å². The number of aromatic nitrogens is 3. The Morgan fingerprint density at radius 3 is 2.56 bits per heavy atom. The number of benzene rings is 2. The van der Waals surface area contributed by atoms with Crippen LogP contribution in [0, 0.1) is 0 Å². The van der Waals surface area contributed by atoms with Crippen molar-refractivity contribution >= 4 is 29.3 Å². The van der Waals surface area contributed by atoms with Crippen LogP contribution in [0.1, 0.15) is 38.4 Å². The molecule has 0 radical (unpaired) electrons. The van der Waals surface area contributed by atoms with E-state index >= 15 is 0 Å². The Bertz CT molecular complexity index is 1260. The Morgan fingerprint density at radius 2 is 1.84 bits per heavy atom. The Hall–Kier alpha value is -3.46. The summed E-state index contributed by atoms with van der Waals surface area (Å²) in [5.74, 6) is -0.218. The highest BCUT2D eigenvalue weighted by Gasteiger charge is 2.46. The summed E-state index contributed by atoms with van der Waals surface area (Å²) in [4.78, 5) is 42.9. The molecule has 0 aliphatic carbocycles. The van der Waals surface area contributed by atoms with Crippen LogP contribution in [0.2, 0.25) is 0 Å². The maximum atomic E-state index is 13.2. The van der Waals surface area contributed by atoms with E-state index in [1.165, 1.54) is 11.8 Å². The molecule has 4 rings (SSSR count). The van der Waals surface area contributed by atoms with Gasteiger partial charge in [-0.2, -0.15) is 0 Å². The van der Waals surface area contributed by atoms with Gasteiger partial charge >= 0.3 is 17.2 Å². The Morgan fingerprint density at radius 1 is 1.12 bits per heavy atom. The lowest BCUT2D eigenvalue weighted by atomic mass is 10.0. The first-order chi connectivity index (χ1) is 15.5. The van der Waals surface area contributed by atoms with Gasteiger partial charge in [0.1, 0.15) is 5.75 Å². The summed E-state index contributed by atoms with van der Waals surface area (Å²) < 4.78 is 7.15. The van der Waals surface area contributed by atoms with Gasteiger partial charge in [-0.15, -0.1) is 0 Å². The molecule has 1 aliphatic rings. The first-order valence-corrected chi connectivity index (χ1v) is 11.5. The summed E-state index contributed by atoms with van der Waals surface area (Å²) >= 11 is 1.29. The molecule has 0 unspecified atom stereocenters. The fourth-order valence-corrected chi connectivity index (χ4v) is 4.13.